The van der Waals surface area contributed by atoms with Crippen molar-refractivity contribution in [3.05, 3.63) is 0 Å². The summed E-state index contributed by atoms with van der Waals surface area (Å²) in [5.41, 5.74) is 0. The van der Waals surface area contributed by atoms with Gasteiger partial charge in [0.05, 0.1) is 12.6 Å². The van der Waals surface area contributed by atoms with Crippen LogP contribution < -0.4 is 15.1 Å². The summed E-state index contributed by atoms with van der Waals surface area (Å²) in [6, 6.07) is 0.205. The SMILES string of the molecule is CCNc1nc(N(C)C)nc(N(CC)C(C)COC)n1. The number of rotatable bonds is 8. The molecule has 20 heavy (non-hydrogen) atoms. The number of hydrogen-bond acceptors (Lipinski definition) is 7. The van der Waals surface area contributed by atoms with Crippen LogP contribution in [-0.2, 0) is 4.74 Å². The molecule has 1 aromatic rings. The van der Waals surface area contributed by atoms with Gasteiger partial charge in [-0.25, -0.2) is 0 Å². The Bertz CT molecular complexity index is 412. The van der Waals surface area contributed by atoms with E-state index in [-0.39, 0.29) is 6.04 Å². The molecule has 1 unspecified atom stereocenters. The second-order valence-electron chi connectivity index (χ2n) is 4.77. The molecule has 1 rings (SSSR count). The summed E-state index contributed by atoms with van der Waals surface area (Å²) >= 11 is 0. The van der Waals surface area contributed by atoms with Crippen LogP contribution in [0.25, 0.3) is 0 Å². The van der Waals surface area contributed by atoms with E-state index in [1.165, 1.54) is 0 Å². The van der Waals surface area contributed by atoms with Crippen molar-refractivity contribution in [2.24, 2.45) is 0 Å². The highest BCUT2D eigenvalue weighted by atomic mass is 16.5. The van der Waals surface area contributed by atoms with E-state index in [1.807, 2.05) is 25.9 Å². The first-order chi connectivity index (χ1) is 9.53. The molecule has 0 spiro atoms. The lowest BCUT2D eigenvalue weighted by molar-refractivity contribution is 0.181. The molecule has 0 aliphatic rings. The summed E-state index contributed by atoms with van der Waals surface area (Å²) in [5.74, 6) is 1.92. The first kappa shape index (κ1) is 16.4. The van der Waals surface area contributed by atoms with Crippen LogP contribution in [0.2, 0.25) is 0 Å². The first-order valence-electron chi connectivity index (χ1n) is 6.96. The van der Waals surface area contributed by atoms with Crippen molar-refractivity contribution < 1.29 is 4.74 Å². The largest absolute Gasteiger partial charge is 0.383 e. The van der Waals surface area contributed by atoms with Gasteiger partial charge in [0.1, 0.15) is 0 Å². The number of ether oxygens (including phenoxy) is 1. The normalized spacial score (nSPS) is 12.1. The van der Waals surface area contributed by atoms with Crippen molar-refractivity contribution in [2.45, 2.75) is 26.8 Å². The fourth-order valence-electron chi connectivity index (χ4n) is 1.90. The Kier molecular flexibility index (Phi) is 6.44. The summed E-state index contributed by atoms with van der Waals surface area (Å²) in [6.45, 7) is 8.41. The predicted molar refractivity (Wildman–Crippen MR) is 82.7 cm³/mol. The number of methoxy groups -OCH3 is 1. The molecular weight excluding hydrogens is 256 g/mol. The average Bonchev–Trinajstić information content (AvgIpc) is 2.40. The van der Waals surface area contributed by atoms with Gasteiger partial charge in [-0.1, -0.05) is 0 Å². The molecule has 1 N–H and O–H groups in total. The summed E-state index contributed by atoms with van der Waals surface area (Å²) in [4.78, 5) is 17.4. The van der Waals surface area contributed by atoms with Crippen LogP contribution in [0.5, 0.6) is 0 Å². The number of nitrogens with one attached hydrogen (secondary N) is 1. The third-order valence-electron chi connectivity index (χ3n) is 2.88. The van der Waals surface area contributed by atoms with E-state index in [0.29, 0.717) is 24.5 Å². The van der Waals surface area contributed by atoms with E-state index in [2.05, 4.69) is 39.0 Å². The fourth-order valence-corrected chi connectivity index (χ4v) is 1.90. The van der Waals surface area contributed by atoms with E-state index in [4.69, 9.17) is 4.74 Å². The van der Waals surface area contributed by atoms with E-state index in [9.17, 15) is 0 Å². The molecule has 7 heteroatoms. The van der Waals surface area contributed by atoms with Gasteiger partial charge in [0.25, 0.3) is 0 Å². The smallest absolute Gasteiger partial charge is 0.232 e. The zero-order valence-corrected chi connectivity index (χ0v) is 13.3. The first-order valence-corrected chi connectivity index (χ1v) is 6.96. The lowest BCUT2D eigenvalue weighted by Gasteiger charge is -2.28. The van der Waals surface area contributed by atoms with Gasteiger partial charge in [0.15, 0.2) is 0 Å². The van der Waals surface area contributed by atoms with E-state index < -0.39 is 0 Å². The van der Waals surface area contributed by atoms with E-state index >= 15 is 0 Å². The number of aromatic nitrogens is 3. The fraction of sp³-hybridized carbons (Fsp3) is 0.769. The highest BCUT2D eigenvalue weighted by Gasteiger charge is 2.18. The van der Waals surface area contributed by atoms with Crippen LogP contribution in [0.4, 0.5) is 17.8 Å². The van der Waals surface area contributed by atoms with E-state index in [1.54, 1.807) is 7.11 Å². The molecule has 114 valence electrons. The Morgan fingerprint density at radius 2 is 1.80 bits per heavy atom. The Labute approximate surface area is 121 Å². The molecule has 1 atom stereocenters. The Hall–Kier alpha value is -1.63. The van der Waals surface area contributed by atoms with Gasteiger partial charge in [0.2, 0.25) is 17.8 Å². The van der Waals surface area contributed by atoms with Crippen molar-refractivity contribution in [3.8, 4) is 0 Å². The maximum atomic E-state index is 5.22. The highest BCUT2D eigenvalue weighted by Crippen LogP contribution is 2.17. The Morgan fingerprint density at radius 1 is 1.15 bits per heavy atom. The van der Waals surface area contributed by atoms with Gasteiger partial charge in [-0.2, -0.15) is 15.0 Å². The third kappa shape index (κ3) is 4.19. The van der Waals surface area contributed by atoms with Gasteiger partial charge in [-0.3, -0.25) is 0 Å². The molecule has 0 aliphatic carbocycles. The van der Waals surface area contributed by atoms with Crippen molar-refractivity contribution >= 4 is 17.8 Å². The van der Waals surface area contributed by atoms with Crippen LogP contribution in [0, 0.1) is 0 Å². The molecule has 0 saturated heterocycles. The molecule has 7 nitrogen and oxygen atoms in total. The molecule has 0 fully saturated rings. The molecule has 1 heterocycles. The maximum absolute atomic E-state index is 5.22. The summed E-state index contributed by atoms with van der Waals surface area (Å²) in [6.07, 6.45) is 0. The minimum atomic E-state index is 0.205. The zero-order valence-electron chi connectivity index (χ0n) is 13.3. The summed E-state index contributed by atoms with van der Waals surface area (Å²) < 4.78 is 5.22. The van der Waals surface area contributed by atoms with Gasteiger partial charge < -0.3 is 19.9 Å². The molecule has 0 amide bonds. The number of hydrogen-bond donors (Lipinski definition) is 1. The molecule has 1 aromatic heterocycles. The van der Waals surface area contributed by atoms with Gasteiger partial charge >= 0.3 is 0 Å². The number of likely N-dealkylation sites (N-methyl/N-ethyl adjacent to an activating group) is 1. The lowest BCUT2D eigenvalue weighted by atomic mass is 10.3. The van der Waals surface area contributed by atoms with Crippen LogP contribution >= 0.6 is 0 Å². The van der Waals surface area contributed by atoms with Crippen LogP contribution in [0.15, 0.2) is 0 Å². The molecule has 0 aromatic carbocycles. The Balaban J connectivity index is 3.12. The molecule has 0 radical (unpaired) electrons. The number of nitrogens with zero attached hydrogens (tertiary/aromatic N) is 5. The lowest BCUT2D eigenvalue weighted by Crippen LogP contribution is -2.38. The molecule has 0 bridgehead atoms. The summed E-state index contributed by atoms with van der Waals surface area (Å²) in [7, 11) is 5.54. The van der Waals surface area contributed by atoms with Crippen LogP contribution in [0.3, 0.4) is 0 Å². The number of anilines is 3. The van der Waals surface area contributed by atoms with Crippen molar-refractivity contribution in [1.82, 2.24) is 15.0 Å². The van der Waals surface area contributed by atoms with Crippen molar-refractivity contribution in [3.63, 3.8) is 0 Å². The minimum absolute atomic E-state index is 0.205. The summed E-state index contributed by atoms with van der Waals surface area (Å²) in [5, 5.41) is 3.15. The van der Waals surface area contributed by atoms with Crippen molar-refractivity contribution in [1.29, 1.82) is 0 Å². The predicted octanol–water partition coefficient (Wildman–Crippen LogP) is 1.23. The monoisotopic (exact) mass is 282 g/mol. The molecule has 0 saturated carbocycles. The second-order valence-corrected chi connectivity index (χ2v) is 4.77. The highest BCUT2D eigenvalue weighted by molar-refractivity contribution is 5.45. The molecular formula is C13H26N6O. The molecule has 0 aliphatic heterocycles. The van der Waals surface area contributed by atoms with Gasteiger partial charge in [0, 0.05) is 34.3 Å². The topological polar surface area (TPSA) is 66.4 Å². The van der Waals surface area contributed by atoms with Crippen molar-refractivity contribution in [2.75, 3.05) is 56.0 Å². The van der Waals surface area contributed by atoms with Crippen LogP contribution in [-0.4, -0.2) is 61.9 Å². The zero-order chi connectivity index (χ0) is 15.1. The standard InChI is InChI=1S/C13H26N6O/c1-7-14-11-15-12(18(4)5)17-13(16-11)19(8-2)10(3)9-20-6/h10H,7-9H2,1-6H3,(H,14,15,16,17). The third-order valence-corrected chi connectivity index (χ3v) is 2.88. The second kappa shape index (κ2) is 7.84. The minimum Gasteiger partial charge on any atom is -0.383 e. The van der Waals surface area contributed by atoms with E-state index in [0.717, 1.165) is 13.1 Å². The maximum Gasteiger partial charge on any atom is 0.232 e. The van der Waals surface area contributed by atoms with Crippen LogP contribution in [0.1, 0.15) is 20.8 Å². The average molecular weight is 282 g/mol. The quantitative estimate of drug-likeness (QED) is 0.769. The van der Waals surface area contributed by atoms with Gasteiger partial charge in [-0.15, -0.1) is 0 Å². The van der Waals surface area contributed by atoms with Gasteiger partial charge in [-0.05, 0) is 20.8 Å². The Morgan fingerprint density at radius 3 is 2.30 bits per heavy atom.